The molecule has 1 heterocycles. The number of hydrogen-bond acceptors (Lipinski definition) is 2. The van der Waals surface area contributed by atoms with Gasteiger partial charge in [-0.1, -0.05) is 26.0 Å². The van der Waals surface area contributed by atoms with Crippen molar-refractivity contribution in [2.75, 3.05) is 6.54 Å². The Balaban J connectivity index is 2.71. The zero-order chi connectivity index (χ0) is 12.0. The molecule has 2 nitrogen and oxygen atoms in total. The second-order valence-corrected chi connectivity index (χ2v) is 4.31. The second-order valence-electron chi connectivity index (χ2n) is 3.96. The summed E-state index contributed by atoms with van der Waals surface area (Å²) in [6.45, 7) is 9.29. The Hall–Kier alpha value is -0.730. The smallest absolute Gasteiger partial charge is 0.197 e. The molecule has 16 heavy (non-hydrogen) atoms. The fourth-order valence-corrected chi connectivity index (χ4v) is 1.84. The molecule has 0 radical (unpaired) electrons. The van der Waals surface area contributed by atoms with Crippen molar-refractivity contribution in [2.24, 2.45) is 0 Å². The third-order valence-electron chi connectivity index (χ3n) is 2.66. The molecule has 0 aliphatic carbocycles. The van der Waals surface area contributed by atoms with E-state index < -0.39 is 0 Å². The van der Waals surface area contributed by atoms with Crippen molar-refractivity contribution in [2.45, 2.75) is 39.2 Å². The first kappa shape index (κ1) is 13.3. The average Bonchev–Trinajstić information content (AvgIpc) is 2.70. The van der Waals surface area contributed by atoms with Crippen LogP contribution in [0, 0.1) is 0 Å². The third kappa shape index (κ3) is 3.69. The molecule has 0 amide bonds. The zero-order valence-electron chi connectivity index (χ0n) is 10.1. The van der Waals surface area contributed by atoms with Gasteiger partial charge in [0.1, 0.15) is 0 Å². The first-order valence-electron chi connectivity index (χ1n) is 5.81. The molecule has 0 aliphatic heterocycles. The number of hydrogen-bond donors (Lipinski definition) is 1. The van der Waals surface area contributed by atoms with Crippen molar-refractivity contribution >= 4 is 11.6 Å². The summed E-state index contributed by atoms with van der Waals surface area (Å²) in [7, 11) is 0. The van der Waals surface area contributed by atoms with E-state index in [-0.39, 0.29) is 6.04 Å². The van der Waals surface area contributed by atoms with E-state index in [9.17, 15) is 0 Å². The molecule has 0 saturated carbocycles. The third-order valence-corrected chi connectivity index (χ3v) is 2.96. The van der Waals surface area contributed by atoms with E-state index in [1.807, 2.05) is 6.07 Å². The van der Waals surface area contributed by atoms with Crippen LogP contribution in [0.2, 0.25) is 5.22 Å². The summed E-state index contributed by atoms with van der Waals surface area (Å²) in [6.07, 6.45) is 4.65. The molecule has 0 bridgehead atoms. The van der Waals surface area contributed by atoms with Crippen LogP contribution in [-0.2, 0) is 0 Å². The highest BCUT2D eigenvalue weighted by Gasteiger charge is 2.16. The van der Waals surface area contributed by atoms with Crippen molar-refractivity contribution in [3.63, 3.8) is 0 Å². The number of rotatable bonds is 7. The van der Waals surface area contributed by atoms with Crippen LogP contribution >= 0.6 is 11.6 Å². The van der Waals surface area contributed by atoms with E-state index in [2.05, 4.69) is 25.7 Å². The second kappa shape index (κ2) is 6.77. The lowest BCUT2D eigenvalue weighted by atomic mass is 10.0. The van der Waals surface area contributed by atoms with Gasteiger partial charge >= 0.3 is 0 Å². The molecule has 0 aromatic carbocycles. The molecule has 0 saturated heterocycles. The van der Waals surface area contributed by atoms with Gasteiger partial charge in [-0.3, -0.25) is 0 Å². The maximum absolute atomic E-state index is 6.00. The summed E-state index contributed by atoms with van der Waals surface area (Å²) in [5.41, 5.74) is 2.26. The van der Waals surface area contributed by atoms with Gasteiger partial charge in [0.25, 0.3) is 0 Å². The standard InChI is InChI=1S/C13H20ClNO/c1-4-7-15-12(9-10(3)5-2)11-6-8-16-13(11)14/h6,8,12,15H,3-5,7,9H2,1-2H3. The maximum Gasteiger partial charge on any atom is 0.197 e. The summed E-state index contributed by atoms with van der Waals surface area (Å²) in [6, 6.07) is 2.15. The SMILES string of the molecule is C=C(CC)CC(NCCC)c1ccoc1Cl. The van der Waals surface area contributed by atoms with Crippen molar-refractivity contribution < 1.29 is 4.42 Å². The predicted octanol–water partition coefficient (Wildman–Crippen LogP) is 4.33. The lowest BCUT2D eigenvalue weighted by molar-refractivity contribution is 0.509. The summed E-state index contributed by atoms with van der Waals surface area (Å²) in [5, 5.41) is 3.96. The molecule has 0 fully saturated rings. The summed E-state index contributed by atoms with van der Waals surface area (Å²) in [4.78, 5) is 0. The van der Waals surface area contributed by atoms with Crippen LogP contribution in [0.3, 0.4) is 0 Å². The molecular weight excluding hydrogens is 222 g/mol. The van der Waals surface area contributed by atoms with Gasteiger partial charge < -0.3 is 9.73 Å². The Morgan fingerprint density at radius 1 is 1.56 bits per heavy atom. The lowest BCUT2D eigenvalue weighted by Gasteiger charge is -2.18. The molecule has 0 spiro atoms. The van der Waals surface area contributed by atoms with E-state index >= 15 is 0 Å². The predicted molar refractivity (Wildman–Crippen MR) is 68.8 cm³/mol. The first-order valence-corrected chi connectivity index (χ1v) is 6.19. The molecule has 1 aromatic rings. The molecule has 1 atom stereocenters. The minimum absolute atomic E-state index is 0.221. The summed E-state index contributed by atoms with van der Waals surface area (Å²) in [5.74, 6) is 0. The molecule has 1 N–H and O–H groups in total. The van der Waals surface area contributed by atoms with Gasteiger partial charge in [0.05, 0.1) is 6.26 Å². The molecule has 1 aromatic heterocycles. The largest absolute Gasteiger partial charge is 0.453 e. The van der Waals surface area contributed by atoms with Crippen LogP contribution in [-0.4, -0.2) is 6.54 Å². The number of nitrogens with one attached hydrogen (secondary N) is 1. The van der Waals surface area contributed by atoms with Crippen molar-refractivity contribution in [1.29, 1.82) is 0 Å². The quantitative estimate of drug-likeness (QED) is 0.719. The molecular formula is C13H20ClNO. The van der Waals surface area contributed by atoms with Crippen molar-refractivity contribution in [3.05, 3.63) is 35.3 Å². The van der Waals surface area contributed by atoms with Crippen LogP contribution in [0.25, 0.3) is 0 Å². The molecule has 1 rings (SSSR count). The molecule has 90 valence electrons. The van der Waals surface area contributed by atoms with E-state index in [1.54, 1.807) is 6.26 Å². The summed E-state index contributed by atoms with van der Waals surface area (Å²) < 4.78 is 5.14. The van der Waals surface area contributed by atoms with Gasteiger partial charge in [-0.05, 0) is 43.5 Å². The van der Waals surface area contributed by atoms with E-state index in [0.29, 0.717) is 5.22 Å². The number of furan rings is 1. The average molecular weight is 242 g/mol. The zero-order valence-corrected chi connectivity index (χ0v) is 10.8. The lowest BCUT2D eigenvalue weighted by Crippen LogP contribution is -2.22. The van der Waals surface area contributed by atoms with Crippen LogP contribution in [0.1, 0.15) is 44.7 Å². The fraction of sp³-hybridized carbons (Fsp3) is 0.538. The Morgan fingerprint density at radius 3 is 2.81 bits per heavy atom. The van der Waals surface area contributed by atoms with E-state index in [0.717, 1.165) is 31.4 Å². The van der Waals surface area contributed by atoms with Gasteiger partial charge in [-0.2, -0.15) is 0 Å². The first-order chi connectivity index (χ1) is 7.69. The monoisotopic (exact) mass is 241 g/mol. The van der Waals surface area contributed by atoms with Gasteiger partial charge in [0.2, 0.25) is 0 Å². The summed E-state index contributed by atoms with van der Waals surface area (Å²) >= 11 is 6.00. The Labute approximate surface area is 103 Å². The molecule has 0 aliphatic rings. The highest BCUT2D eigenvalue weighted by Crippen LogP contribution is 2.28. The molecule has 3 heteroatoms. The van der Waals surface area contributed by atoms with Crippen LogP contribution in [0.5, 0.6) is 0 Å². The Morgan fingerprint density at radius 2 is 2.31 bits per heavy atom. The van der Waals surface area contributed by atoms with Gasteiger partial charge in [0.15, 0.2) is 5.22 Å². The normalized spacial score (nSPS) is 12.7. The van der Waals surface area contributed by atoms with Crippen molar-refractivity contribution in [3.8, 4) is 0 Å². The Kier molecular flexibility index (Phi) is 5.64. The number of halogens is 1. The van der Waals surface area contributed by atoms with Crippen LogP contribution in [0.4, 0.5) is 0 Å². The fourth-order valence-electron chi connectivity index (χ4n) is 1.60. The van der Waals surface area contributed by atoms with E-state index in [4.69, 9.17) is 16.0 Å². The van der Waals surface area contributed by atoms with Gasteiger partial charge in [-0.15, -0.1) is 0 Å². The van der Waals surface area contributed by atoms with Gasteiger partial charge in [0, 0.05) is 11.6 Å². The van der Waals surface area contributed by atoms with Gasteiger partial charge in [-0.25, -0.2) is 0 Å². The van der Waals surface area contributed by atoms with Crippen LogP contribution in [0.15, 0.2) is 28.9 Å². The topological polar surface area (TPSA) is 25.2 Å². The highest BCUT2D eigenvalue weighted by molar-refractivity contribution is 6.29. The molecule has 1 unspecified atom stereocenters. The van der Waals surface area contributed by atoms with Crippen molar-refractivity contribution in [1.82, 2.24) is 5.32 Å². The van der Waals surface area contributed by atoms with Crippen LogP contribution < -0.4 is 5.32 Å². The maximum atomic E-state index is 6.00. The van der Waals surface area contributed by atoms with E-state index in [1.165, 1.54) is 5.57 Å². The Bertz CT molecular complexity index is 332. The minimum Gasteiger partial charge on any atom is -0.453 e. The highest BCUT2D eigenvalue weighted by atomic mass is 35.5. The minimum atomic E-state index is 0.221.